The third kappa shape index (κ3) is 3.77. The highest BCUT2D eigenvalue weighted by atomic mass is 16.2. The van der Waals surface area contributed by atoms with Crippen LogP contribution in [0.25, 0.3) is 11.4 Å². The first-order valence-corrected chi connectivity index (χ1v) is 11.2. The van der Waals surface area contributed by atoms with Crippen LogP contribution in [0.5, 0.6) is 0 Å². The van der Waals surface area contributed by atoms with Crippen molar-refractivity contribution in [3.05, 3.63) is 41.1 Å². The lowest BCUT2D eigenvalue weighted by Gasteiger charge is -2.22. The first-order chi connectivity index (χ1) is 15.1. The Hall–Kier alpha value is -2.98. The molecule has 1 saturated heterocycles. The number of anilines is 1. The minimum absolute atomic E-state index is 0.190. The molecule has 1 amide bonds. The summed E-state index contributed by atoms with van der Waals surface area (Å²) in [5, 5.41) is 12.2. The van der Waals surface area contributed by atoms with E-state index in [1.807, 2.05) is 6.20 Å². The molecule has 2 aromatic rings. The highest BCUT2D eigenvalue weighted by Gasteiger charge is 2.50. The summed E-state index contributed by atoms with van der Waals surface area (Å²) in [5.41, 5.74) is 9.82. The minimum atomic E-state index is -0.830. The van der Waals surface area contributed by atoms with Crippen LogP contribution in [0.1, 0.15) is 42.4 Å². The first kappa shape index (κ1) is 20.0. The predicted molar refractivity (Wildman–Crippen MR) is 118 cm³/mol. The van der Waals surface area contributed by atoms with Gasteiger partial charge in [-0.15, -0.1) is 0 Å². The van der Waals surface area contributed by atoms with Gasteiger partial charge in [-0.1, -0.05) is 12.1 Å². The second-order valence-electron chi connectivity index (χ2n) is 9.09. The maximum absolute atomic E-state index is 12.5. The van der Waals surface area contributed by atoms with E-state index in [2.05, 4.69) is 39.5 Å². The normalized spacial score (nSPS) is 20.9. The zero-order valence-electron chi connectivity index (χ0n) is 17.7. The van der Waals surface area contributed by atoms with E-state index in [-0.39, 0.29) is 5.91 Å². The molecule has 1 saturated carbocycles. The first-order valence-electron chi connectivity index (χ1n) is 11.2. The molecular weight excluding hydrogens is 388 g/mol. The summed E-state index contributed by atoms with van der Waals surface area (Å²) in [5.74, 6) is 1.84. The predicted octanol–water partition coefficient (Wildman–Crippen LogP) is 2.34. The minimum Gasteiger partial charge on any atom is -0.356 e. The number of benzene rings is 1. The van der Waals surface area contributed by atoms with Crippen LogP contribution in [0.4, 0.5) is 5.82 Å². The van der Waals surface area contributed by atoms with Crippen molar-refractivity contribution in [2.45, 2.75) is 45.1 Å². The van der Waals surface area contributed by atoms with Gasteiger partial charge in [0.05, 0.1) is 6.07 Å². The molecule has 1 atom stereocenters. The van der Waals surface area contributed by atoms with Gasteiger partial charge >= 0.3 is 0 Å². The number of rotatable bonds is 6. The summed E-state index contributed by atoms with van der Waals surface area (Å²) < 4.78 is 0. The van der Waals surface area contributed by atoms with E-state index >= 15 is 0 Å². The van der Waals surface area contributed by atoms with Crippen molar-refractivity contribution < 1.29 is 4.79 Å². The van der Waals surface area contributed by atoms with Crippen LogP contribution < -0.4 is 16.0 Å². The van der Waals surface area contributed by atoms with Crippen LogP contribution in [0, 0.1) is 22.7 Å². The summed E-state index contributed by atoms with van der Waals surface area (Å²) in [7, 11) is 0. The molecule has 5 rings (SSSR count). The topological polar surface area (TPSA) is 108 Å². The maximum atomic E-state index is 12.5. The van der Waals surface area contributed by atoms with Crippen molar-refractivity contribution in [1.29, 1.82) is 5.26 Å². The van der Waals surface area contributed by atoms with Gasteiger partial charge < -0.3 is 16.0 Å². The number of amides is 1. The van der Waals surface area contributed by atoms with Crippen LogP contribution in [0.2, 0.25) is 0 Å². The molecule has 160 valence electrons. The quantitative estimate of drug-likeness (QED) is 0.748. The smallest absolute Gasteiger partial charge is 0.240 e. The van der Waals surface area contributed by atoms with E-state index in [0.717, 1.165) is 49.3 Å². The van der Waals surface area contributed by atoms with E-state index < -0.39 is 5.41 Å². The number of aryl methyl sites for hydroxylation is 2. The van der Waals surface area contributed by atoms with E-state index in [1.165, 1.54) is 17.5 Å². The van der Waals surface area contributed by atoms with Crippen molar-refractivity contribution in [3.63, 3.8) is 0 Å². The highest BCUT2D eigenvalue weighted by Crippen LogP contribution is 2.45. The van der Waals surface area contributed by atoms with Crippen molar-refractivity contribution in [2.24, 2.45) is 17.1 Å². The lowest BCUT2D eigenvalue weighted by atomic mass is 10.1. The van der Waals surface area contributed by atoms with E-state index in [0.29, 0.717) is 37.7 Å². The Morgan fingerprint density at radius 1 is 1.32 bits per heavy atom. The lowest BCUT2D eigenvalue weighted by molar-refractivity contribution is -0.124. The summed E-state index contributed by atoms with van der Waals surface area (Å²) in [6.45, 7) is 2.74. The number of carbonyl (C=O) groups excluding carboxylic acids is 1. The molecule has 1 aromatic heterocycles. The van der Waals surface area contributed by atoms with E-state index in [4.69, 9.17) is 10.7 Å². The summed E-state index contributed by atoms with van der Waals surface area (Å²) >= 11 is 0. The van der Waals surface area contributed by atoms with Crippen LogP contribution in [0.3, 0.4) is 0 Å². The molecule has 2 aliphatic carbocycles. The Labute approximate surface area is 182 Å². The average Bonchev–Trinajstić information content (AvgIpc) is 3.23. The highest BCUT2D eigenvalue weighted by molar-refractivity contribution is 5.88. The monoisotopic (exact) mass is 416 g/mol. The number of carbonyl (C=O) groups is 1. The van der Waals surface area contributed by atoms with Gasteiger partial charge in [-0.3, -0.25) is 4.79 Å². The third-order valence-corrected chi connectivity index (χ3v) is 6.96. The molecule has 0 bridgehead atoms. The molecule has 1 unspecified atom stereocenters. The Morgan fingerprint density at radius 3 is 2.90 bits per heavy atom. The van der Waals surface area contributed by atoms with Crippen LogP contribution in [0.15, 0.2) is 24.4 Å². The average molecular weight is 417 g/mol. The fraction of sp³-hybridized carbons (Fsp3) is 0.500. The zero-order valence-corrected chi connectivity index (χ0v) is 17.7. The number of nitriles is 1. The lowest BCUT2D eigenvalue weighted by Crippen LogP contribution is -2.32. The number of nitrogens with two attached hydrogens (primary N) is 1. The van der Waals surface area contributed by atoms with E-state index in [9.17, 15) is 10.1 Å². The van der Waals surface area contributed by atoms with Crippen LogP contribution >= 0.6 is 0 Å². The molecule has 31 heavy (non-hydrogen) atoms. The zero-order chi connectivity index (χ0) is 21.4. The molecule has 0 spiro atoms. The molecule has 3 N–H and O–H groups in total. The molecule has 1 aromatic carbocycles. The van der Waals surface area contributed by atoms with Gasteiger partial charge in [0.2, 0.25) is 5.91 Å². The van der Waals surface area contributed by atoms with Gasteiger partial charge in [0.25, 0.3) is 0 Å². The van der Waals surface area contributed by atoms with Gasteiger partial charge in [-0.25, -0.2) is 9.97 Å². The standard InChI is InChI=1S/C24H28N6O/c25-11-16-6-9-30(14-16)22-20(13-28-23(31)24(15-26)7-8-24)12-27-21(29-22)19-5-4-17-2-1-3-18(17)10-19/h4-5,10,12,16H,1-3,6-9,11,13-14,25H2,(H,28,31). The van der Waals surface area contributed by atoms with Crippen LogP contribution in [-0.4, -0.2) is 35.5 Å². The fourth-order valence-corrected chi connectivity index (χ4v) is 4.72. The molecule has 2 fully saturated rings. The Bertz CT molecular complexity index is 1050. The number of aromatic nitrogens is 2. The molecule has 7 heteroatoms. The Balaban J connectivity index is 1.43. The number of nitrogens with one attached hydrogen (secondary N) is 1. The molecule has 7 nitrogen and oxygen atoms in total. The van der Waals surface area contributed by atoms with Crippen LogP contribution in [-0.2, 0) is 24.2 Å². The second-order valence-corrected chi connectivity index (χ2v) is 9.09. The Morgan fingerprint density at radius 2 is 2.16 bits per heavy atom. The summed E-state index contributed by atoms with van der Waals surface area (Å²) in [6, 6.07) is 8.69. The molecular formula is C24H28N6O. The number of nitrogens with zero attached hydrogens (tertiary/aromatic N) is 4. The maximum Gasteiger partial charge on any atom is 0.240 e. The van der Waals surface area contributed by atoms with Gasteiger partial charge in [0.1, 0.15) is 11.2 Å². The molecule has 0 radical (unpaired) electrons. The van der Waals surface area contributed by atoms with Crippen molar-refractivity contribution >= 4 is 11.7 Å². The summed E-state index contributed by atoms with van der Waals surface area (Å²) in [6.07, 6.45) is 7.62. The fourth-order valence-electron chi connectivity index (χ4n) is 4.72. The van der Waals surface area contributed by atoms with Gasteiger partial charge in [-0.05, 0) is 68.2 Å². The molecule has 1 aliphatic heterocycles. The largest absolute Gasteiger partial charge is 0.356 e. The third-order valence-electron chi connectivity index (χ3n) is 6.96. The van der Waals surface area contributed by atoms with Crippen molar-refractivity contribution in [1.82, 2.24) is 15.3 Å². The number of fused-ring (bicyclic) bond motifs is 1. The molecule has 2 heterocycles. The Kier molecular flexibility index (Phi) is 5.11. The van der Waals surface area contributed by atoms with Gasteiger partial charge in [0, 0.05) is 37.0 Å². The molecule has 3 aliphatic rings. The van der Waals surface area contributed by atoms with Gasteiger partial charge in [0.15, 0.2) is 5.82 Å². The number of hydrogen-bond acceptors (Lipinski definition) is 6. The van der Waals surface area contributed by atoms with E-state index in [1.54, 1.807) is 0 Å². The number of hydrogen-bond donors (Lipinski definition) is 2. The summed E-state index contributed by atoms with van der Waals surface area (Å²) in [4.78, 5) is 24.3. The second kappa shape index (κ2) is 7.93. The SMILES string of the molecule is N#CC1(C(=O)NCc2cnc(-c3ccc4c(c3)CCC4)nc2N2CCC(CN)C2)CC1. The van der Waals surface area contributed by atoms with Crippen molar-refractivity contribution in [2.75, 3.05) is 24.5 Å². The van der Waals surface area contributed by atoms with Gasteiger partial charge in [-0.2, -0.15) is 5.26 Å². The van der Waals surface area contributed by atoms with Crippen molar-refractivity contribution in [3.8, 4) is 17.5 Å².